The maximum absolute atomic E-state index is 13.4. The Morgan fingerprint density at radius 2 is 1.84 bits per heavy atom. The molecule has 3 rings (SSSR count). The van der Waals surface area contributed by atoms with Crippen molar-refractivity contribution in [3.63, 3.8) is 0 Å². The largest absolute Gasteiger partial charge is 0.481 e. The van der Waals surface area contributed by atoms with Crippen LogP contribution in [0.3, 0.4) is 0 Å². The van der Waals surface area contributed by atoms with Crippen LogP contribution in [0.15, 0.2) is 24.3 Å². The standard InChI is InChI=1S/C19H24ClNO4/c1-25-13-18(17(23)24)10-11-21(12-18)16(22)19(8-2-3-9-19)14-4-6-15(20)7-5-14/h4-7H,2-3,8-13H2,1H3,(H,23,24). The minimum absolute atomic E-state index is 0.0477. The summed E-state index contributed by atoms with van der Waals surface area (Å²) in [4.78, 5) is 26.9. The van der Waals surface area contributed by atoms with Gasteiger partial charge in [-0.05, 0) is 37.0 Å². The van der Waals surface area contributed by atoms with Crippen molar-refractivity contribution in [3.8, 4) is 0 Å². The maximum Gasteiger partial charge on any atom is 0.313 e. The van der Waals surface area contributed by atoms with E-state index in [1.54, 1.807) is 4.90 Å². The lowest BCUT2D eigenvalue weighted by Gasteiger charge is -2.34. The summed E-state index contributed by atoms with van der Waals surface area (Å²) in [6, 6.07) is 7.50. The molecule has 2 aliphatic rings. The molecule has 1 atom stereocenters. The van der Waals surface area contributed by atoms with Gasteiger partial charge in [0.2, 0.25) is 5.91 Å². The van der Waals surface area contributed by atoms with Crippen LogP contribution >= 0.6 is 11.6 Å². The number of hydrogen-bond donors (Lipinski definition) is 1. The van der Waals surface area contributed by atoms with Crippen molar-refractivity contribution in [1.82, 2.24) is 4.90 Å². The highest BCUT2D eigenvalue weighted by Crippen LogP contribution is 2.44. The lowest BCUT2D eigenvalue weighted by molar-refractivity contribution is -0.152. The SMILES string of the molecule is COCC1(C(=O)O)CCN(C(=O)C2(c3ccc(Cl)cc3)CCCC2)C1. The van der Waals surface area contributed by atoms with Gasteiger partial charge < -0.3 is 14.7 Å². The van der Waals surface area contributed by atoms with E-state index in [2.05, 4.69) is 0 Å². The van der Waals surface area contributed by atoms with E-state index in [0.29, 0.717) is 18.0 Å². The molecule has 1 aliphatic carbocycles. The summed E-state index contributed by atoms with van der Waals surface area (Å²) >= 11 is 6.00. The number of likely N-dealkylation sites (tertiary alicyclic amines) is 1. The molecular formula is C19H24ClNO4. The van der Waals surface area contributed by atoms with E-state index >= 15 is 0 Å². The number of rotatable bonds is 5. The Balaban J connectivity index is 1.87. The minimum Gasteiger partial charge on any atom is -0.481 e. The van der Waals surface area contributed by atoms with Crippen molar-refractivity contribution in [2.24, 2.45) is 5.41 Å². The van der Waals surface area contributed by atoms with Gasteiger partial charge in [0.05, 0.1) is 12.0 Å². The molecule has 1 saturated carbocycles. The van der Waals surface area contributed by atoms with E-state index in [9.17, 15) is 14.7 Å². The number of methoxy groups -OCH3 is 1. The molecule has 6 heteroatoms. The molecule has 1 N–H and O–H groups in total. The minimum atomic E-state index is -0.996. The Morgan fingerprint density at radius 1 is 1.20 bits per heavy atom. The summed E-state index contributed by atoms with van der Waals surface area (Å²) in [5.41, 5.74) is -0.560. The Bertz CT molecular complexity index is 654. The number of carboxylic acid groups (broad SMARTS) is 1. The van der Waals surface area contributed by atoms with Gasteiger partial charge in [0.25, 0.3) is 0 Å². The van der Waals surface area contributed by atoms with Crippen LogP contribution in [0.4, 0.5) is 0 Å². The smallest absolute Gasteiger partial charge is 0.313 e. The van der Waals surface area contributed by atoms with Crippen molar-refractivity contribution in [3.05, 3.63) is 34.9 Å². The zero-order chi connectivity index (χ0) is 18.1. The molecule has 0 spiro atoms. The molecule has 1 unspecified atom stereocenters. The average molecular weight is 366 g/mol. The fourth-order valence-corrected chi connectivity index (χ4v) is 4.48. The van der Waals surface area contributed by atoms with Crippen molar-refractivity contribution < 1.29 is 19.4 Å². The van der Waals surface area contributed by atoms with Crippen LogP contribution < -0.4 is 0 Å². The van der Waals surface area contributed by atoms with Crippen LogP contribution in [-0.4, -0.2) is 48.7 Å². The van der Waals surface area contributed by atoms with E-state index in [1.165, 1.54) is 7.11 Å². The lowest BCUT2D eigenvalue weighted by Crippen LogP contribution is -2.47. The molecule has 1 aliphatic heterocycles. The normalized spacial score (nSPS) is 25.3. The topological polar surface area (TPSA) is 66.8 Å². The van der Waals surface area contributed by atoms with E-state index in [-0.39, 0.29) is 19.1 Å². The molecule has 25 heavy (non-hydrogen) atoms. The molecular weight excluding hydrogens is 342 g/mol. The van der Waals surface area contributed by atoms with Gasteiger partial charge in [-0.25, -0.2) is 0 Å². The lowest BCUT2D eigenvalue weighted by atomic mass is 9.77. The van der Waals surface area contributed by atoms with Gasteiger partial charge in [0.1, 0.15) is 5.41 Å². The van der Waals surface area contributed by atoms with Crippen molar-refractivity contribution >= 4 is 23.5 Å². The average Bonchev–Trinajstić information content (AvgIpc) is 3.24. The van der Waals surface area contributed by atoms with E-state index in [1.807, 2.05) is 24.3 Å². The monoisotopic (exact) mass is 365 g/mol. The highest BCUT2D eigenvalue weighted by molar-refractivity contribution is 6.30. The number of aliphatic carboxylic acids is 1. The van der Waals surface area contributed by atoms with E-state index in [4.69, 9.17) is 16.3 Å². The van der Waals surface area contributed by atoms with Crippen LogP contribution in [0, 0.1) is 5.41 Å². The van der Waals surface area contributed by atoms with Gasteiger partial charge >= 0.3 is 5.97 Å². The first kappa shape index (κ1) is 18.2. The molecule has 5 nitrogen and oxygen atoms in total. The van der Waals surface area contributed by atoms with Crippen LogP contribution in [0.2, 0.25) is 5.02 Å². The van der Waals surface area contributed by atoms with Gasteiger partial charge in [-0.3, -0.25) is 9.59 Å². The van der Waals surface area contributed by atoms with Crippen molar-refractivity contribution in [2.45, 2.75) is 37.5 Å². The predicted octanol–water partition coefficient (Wildman–Crippen LogP) is 3.10. The highest BCUT2D eigenvalue weighted by Gasteiger charge is 2.51. The number of carbonyl (C=O) groups excluding carboxylic acids is 1. The Kier molecular flexibility index (Phi) is 5.07. The highest BCUT2D eigenvalue weighted by atomic mass is 35.5. The Hall–Kier alpha value is -1.59. The Labute approximate surface area is 152 Å². The number of nitrogens with zero attached hydrogens (tertiary/aromatic N) is 1. The number of ether oxygens (including phenoxy) is 1. The maximum atomic E-state index is 13.4. The van der Waals surface area contributed by atoms with Crippen molar-refractivity contribution in [2.75, 3.05) is 26.8 Å². The van der Waals surface area contributed by atoms with Gasteiger partial charge in [-0.15, -0.1) is 0 Å². The first-order valence-electron chi connectivity index (χ1n) is 8.71. The molecule has 1 amide bonds. The second kappa shape index (κ2) is 6.96. The number of amides is 1. The number of carboxylic acids is 1. The quantitative estimate of drug-likeness (QED) is 0.870. The fourth-order valence-electron chi connectivity index (χ4n) is 4.35. The van der Waals surface area contributed by atoms with Crippen molar-refractivity contribution in [1.29, 1.82) is 0 Å². The van der Waals surface area contributed by atoms with Crippen LogP contribution in [0.1, 0.15) is 37.7 Å². The molecule has 1 aromatic carbocycles. The second-order valence-corrected chi connectivity index (χ2v) is 7.73. The third kappa shape index (κ3) is 3.15. The summed E-state index contributed by atoms with van der Waals surface area (Å²) in [6.45, 7) is 0.800. The summed E-state index contributed by atoms with van der Waals surface area (Å²) in [5, 5.41) is 10.3. The van der Waals surface area contributed by atoms with E-state index < -0.39 is 16.8 Å². The van der Waals surface area contributed by atoms with Crippen LogP contribution in [-0.2, 0) is 19.7 Å². The van der Waals surface area contributed by atoms with Gasteiger partial charge in [0.15, 0.2) is 0 Å². The summed E-state index contributed by atoms with van der Waals surface area (Å²) < 4.78 is 5.13. The third-order valence-electron chi connectivity index (χ3n) is 5.78. The number of carbonyl (C=O) groups is 2. The van der Waals surface area contributed by atoms with Gasteiger partial charge in [-0.2, -0.15) is 0 Å². The molecule has 136 valence electrons. The summed E-state index contributed by atoms with van der Waals surface area (Å²) in [5.74, 6) is -0.844. The van der Waals surface area contributed by atoms with E-state index in [0.717, 1.165) is 31.2 Å². The second-order valence-electron chi connectivity index (χ2n) is 7.29. The summed E-state index contributed by atoms with van der Waals surface area (Å²) in [6.07, 6.45) is 4.04. The van der Waals surface area contributed by atoms with Gasteiger partial charge in [0, 0.05) is 25.2 Å². The zero-order valence-corrected chi connectivity index (χ0v) is 15.2. The molecule has 2 fully saturated rings. The zero-order valence-electron chi connectivity index (χ0n) is 14.5. The molecule has 0 radical (unpaired) electrons. The van der Waals surface area contributed by atoms with Crippen LogP contribution in [0.5, 0.6) is 0 Å². The Morgan fingerprint density at radius 3 is 2.40 bits per heavy atom. The fraction of sp³-hybridized carbons (Fsp3) is 0.579. The number of benzene rings is 1. The first-order chi connectivity index (χ1) is 11.9. The van der Waals surface area contributed by atoms with Gasteiger partial charge in [-0.1, -0.05) is 36.6 Å². The molecule has 0 aromatic heterocycles. The number of halogens is 1. The molecule has 1 aromatic rings. The first-order valence-corrected chi connectivity index (χ1v) is 9.09. The third-order valence-corrected chi connectivity index (χ3v) is 6.03. The predicted molar refractivity (Wildman–Crippen MR) is 94.7 cm³/mol. The number of hydrogen-bond acceptors (Lipinski definition) is 3. The molecule has 0 bridgehead atoms. The molecule has 1 heterocycles. The van der Waals surface area contributed by atoms with Crippen LogP contribution in [0.25, 0.3) is 0 Å². The summed E-state index contributed by atoms with van der Waals surface area (Å²) in [7, 11) is 1.50. The molecule has 1 saturated heterocycles.